The van der Waals surface area contributed by atoms with Gasteiger partial charge in [0.15, 0.2) is 0 Å². The second kappa shape index (κ2) is 11.1. The number of hydrogen-bond acceptors (Lipinski definition) is 4. The van der Waals surface area contributed by atoms with E-state index in [1.54, 1.807) is 0 Å². The van der Waals surface area contributed by atoms with Gasteiger partial charge in [-0.1, -0.05) is 41.5 Å². The van der Waals surface area contributed by atoms with Gasteiger partial charge in [0.2, 0.25) is 9.84 Å². The Morgan fingerprint density at radius 2 is 0.939 bits per heavy atom. The largest absolute Gasteiger partial charge is 0.543 e. The lowest BCUT2D eigenvalue weighted by molar-refractivity contribution is 0.498. The van der Waals surface area contributed by atoms with Crippen LogP contribution < -0.4 is 8.85 Å². The quantitative estimate of drug-likeness (QED) is 0.217. The fraction of sp³-hybridized carbons (Fsp3) is 0.500. The van der Waals surface area contributed by atoms with E-state index in [9.17, 15) is 17.2 Å². The highest BCUT2D eigenvalue weighted by Gasteiger charge is 2.36. The summed E-state index contributed by atoms with van der Waals surface area (Å²) in [6.45, 7) is 12.1. The van der Waals surface area contributed by atoms with Crippen molar-refractivity contribution in [2.45, 2.75) is 87.6 Å². The molecule has 0 atom stereocenters. The second-order valence-electron chi connectivity index (χ2n) is 8.38. The molecule has 0 aliphatic rings. The predicted octanol–water partition coefficient (Wildman–Crippen LogP) is 7.57. The predicted molar refractivity (Wildman–Crippen MR) is 134 cm³/mol. The smallest absolute Gasteiger partial charge is 0.250 e. The molecule has 0 N–H and O–H groups in total. The molecule has 2 aromatic carbocycles. The summed E-state index contributed by atoms with van der Waals surface area (Å²) in [6, 6.07) is 11.6. The average molecular weight is 515 g/mol. The van der Waals surface area contributed by atoms with Crippen LogP contribution in [-0.4, -0.2) is 25.1 Å². The molecule has 0 aliphatic heterocycles. The van der Waals surface area contributed by atoms with E-state index < -0.39 is 38.1 Å². The van der Waals surface area contributed by atoms with E-state index in [-0.39, 0.29) is 21.3 Å². The average Bonchev–Trinajstić information content (AvgIpc) is 2.81. The van der Waals surface area contributed by atoms with Crippen LogP contribution in [0.1, 0.15) is 41.5 Å². The molecule has 4 nitrogen and oxygen atoms in total. The molecule has 0 saturated heterocycles. The molecule has 0 spiro atoms. The Labute approximate surface area is 199 Å². The van der Waals surface area contributed by atoms with Crippen molar-refractivity contribution in [2.75, 3.05) is 0 Å². The molecule has 0 radical (unpaired) electrons. The summed E-state index contributed by atoms with van der Waals surface area (Å²) in [5.41, 5.74) is 0. The molecule has 0 saturated carbocycles. The van der Waals surface area contributed by atoms with Gasteiger partial charge < -0.3 is 8.85 Å². The summed E-state index contributed by atoms with van der Waals surface area (Å²) in [5, 5.41) is 0. The maximum Gasteiger partial charge on any atom is 0.250 e. The van der Waals surface area contributed by atoms with Crippen LogP contribution in [0.25, 0.3) is 0 Å². The van der Waals surface area contributed by atoms with Crippen LogP contribution in [0, 0.1) is 11.6 Å². The SMILES string of the molecule is CC[Si](CC)(CC)Oc1cc(F)ccc1S(=O)(=O)c1ccc(F)cc1O[Si](CC)(CC)CC. The van der Waals surface area contributed by atoms with Gasteiger partial charge in [0, 0.05) is 12.1 Å². The fourth-order valence-electron chi connectivity index (χ4n) is 4.09. The Kier molecular flexibility index (Phi) is 9.29. The fourth-order valence-corrected chi connectivity index (χ4v) is 10.8. The number of benzene rings is 2. The third-order valence-corrected chi connectivity index (χ3v) is 17.8. The van der Waals surface area contributed by atoms with Gasteiger partial charge >= 0.3 is 0 Å². The Hall–Kier alpha value is -1.72. The van der Waals surface area contributed by atoms with Crippen LogP contribution in [0.2, 0.25) is 36.3 Å². The van der Waals surface area contributed by atoms with Gasteiger partial charge in [-0.15, -0.1) is 0 Å². The van der Waals surface area contributed by atoms with Crippen molar-refractivity contribution in [1.82, 2.24) is 0 Å². The first kappa shape index (κ1) is 27.5. The summed E-state index contributed by atoms with van der Waals surface area (Å²) in [5.74, 6) is -1.10. The lowest BCUT2D eigenvalue weighted by Crippen LogP contribution is -2.40. The first-order chi connectivity index (χ1) is 15.6. The zero-order chi connectivity index (χ0) is 24.9. The molecule has 0 amide bonds. The number of hydrogen-bond donors (Lipinski definition) is 0. The molecule has 0 unspecified atom stereocenters. The molecule has 0 fully saturated rings. The van der Waals surface area contributed by atoms with E-state index >= 15 is 0 Å². The molecule has 9 heteroatoms. The number of halogens is 2. The summed E-state index contributed by atoms with van der Waals surface area (Å²) in [6.07, 6.45) is 0. The Balaban J connectivity index is 2.69. The van der Waals surface area contributed by atoms with E-state index in [4.69, 9.17) is 8.85 Å². The van der Waals surface area contributed by atoms with Gasteiger partial charge in [0.05, 0.1) is 0 Å². The van der Waals surface area contributed by atoms with E-state index in [2.05, 4.69) is 0 Å². The summed E-state index contributed by atoms with van der Waals surface area (Å²) in [4.78, 5) is -0.242. The second-order valence-corrected chi connectivity index (χ2v) is 19.6. The molecule has 184 valence electrons. The molecule has 33 heavy (non-hydrogen) atoms. The standard InChI is InChI=1S/C24H36F2O4SSi2/c1-7-32(8-2,9-3)29-21-17-19(25)13-15-23(21)31(27,28)24-16-14-20(26)18-22(24)30-33(10-4,11-5)12-6/h13-18H,7-12H2,1-6H3. The van der Waals surface area contributed by atoms with Crippen molar-refractivity contribution >= 4 is 26.5 Å². The molecule has 0 aliphatic carbocycles. The number of rotatable bonds is 12. The van der Waals surface area contributed by atoms with Crippen LogP contribution >= 0.6 is 0 Å². The third-order valence-electron chi connectivity index (χ3n) is 6.91. The Morgan fingerprint density at radius 3 is 1.21 bits per heavy atom. The maximum atomic E-state index is 14.2. The van der Waals surface area contributed by atoms with Crippen molar-refractivity contribution in [1.29, 1.82) is 0 Å². The van der Waals surface area contributed by atoms with Crippen LogP contribution in [0.5, 0.6) is 11.5 Å². The first-order valence-corrected chi connectivity index (χ1v) is 18.3. The topological polar surface area (TPSA) is 52.6 Å². The highest BCUT2D eigenvalue weighted by molar-refractivity contribution is 7.91. The Bertz CT molecular complexity index is 958. The monoisotopic (exact) mass is 514 g/mol. The van der Waals surface area contributed by atoms with Crippen molar-refractivity contribution in [3.63, 3.8) is 0 Å². The molecular formula is C24H36F2O4SSi2. The van der Waals surface area contributed by atoms with Crippen molar-refractivity contribution in [3.8, 4) is 11.5 Å². The van der Waals surface area contributed by atoms with Gasteiger partial charge in [0.1, 0.15) is 32.9 Å². The highest BCUT2D eigenvalue weighted by Crippen LogP contribution is 2.39. The number of sulfone groups is 1. The van der Waals surface area contributed by atoms with Crippen LogP contribution in [0.4, 0.5) is 8.78 Å². The van der Waals surface area contributed by atoms with E-state index in [0.717, 1.165) is 60.5 Å². The normalized spacial score (nSPS) is 12.6. The van der Waals surface area contributed by atoms with Gasteiger partial charge in [0.25, 0.3) is 16.6 Å². The van der Waals surface area contributed by atoms with Gasteiger partial charge in [-0.05, 0) is 60.5 Å². The lowest BCUT2D eigenvalue weighted by Gasteiger charge is -2.31. The summed E-state index contributed by atoms with van der Waals surface area (Å²) >= 11 is 0. The van der Waals surface area contributed by atoms with E-state index in [1.807, 2.05) is 41.5 Å². The minimum Gasteiger partial charge on any atom is -0.543 e. The van der Waals surface area contributed by atoms with Crippen molar-refractivity contribution < 1.29 is 26.1 Å². The molecule has 2 rings (SSSR count). The third kappa shape index (κ3) is 5.86. The van der Waals surface area contributed by atoms with E-state index in [1.165, 1.54) is 12.1 Å². The van der Waals surface area contributed by atoms with Gasteiger partial charge in [-0.3, -0.25) is 0 Å². The zero-order valence-corrected chi connectivity index (χ0v) is 23.3. The zero-order valence-electron chi connectivity index (χ0n) is 20.5. The summed E-state index contributed by atoms with van der Waals surface area (Å²) in [7, 11) is -8.74. The molecule has 0 bridgehead atoms. The molecule has 2 aromatic rings. The maximum absolute atomic E-state index is 14.2. The first-order valence-electron chi connectivity index (χ1n) is 11.8. The van der Waals surface area contributed by atoms with Gasteiger partial charge in [-0.25, -0.2) is 17.2 Å². The van der Waals surface area contributed by atoms with Crippen LogP contribution in [0.3, 0.4) is 0 Å². The minimum atomic E-state index is -4.17. The van der Waals surface area contributed by atoms with Crippen molar-refractivity contribution in [2.24, 2.45) is 0 Å². The molecular weight excluding hydrogens is 478 g/mol. The molecule has 0 heterocycles. The highest BCUT2D eigenvalue weighted by atomic mass is 32.2. The van der Waals surface area contributed by atoms with Gasteiger partial charge in [-0.2, -0.15) is 0 Å². The summed E-state index contributed by atoms with van der Waals surface area (Å²) < 4.78 is 68.7. The Morgan fingerprint density at radius 1 is 0.636 bits per heavy atom. The van der Waals surface area contributed by atoms with Crippen molar-refractivity contribution in [3.05, 3.63) is 48.0 Å². The van der Waals surface area contributed by atoms with Crippen LogP contribution in [0.15, 0.2) is 46.2 Å². The minimum absolute atomic E-state index is 0.0208. The van der Waals surface area contributed by atoms with E-state index in [0.29, 0.717) is 0 Å². The lowest BCUT2D eigenvalue weighted by atomic mass is 10.3. The van der Waals surface area contributed by atoms with Crippen LogP contribution in [-0.2, 0) is 9.84 Å². The molecule has 0 aromatic heterocycles.